The molecule has 2 aliphatic rings. The van der Waals surface area contributed by atoms with Crippen LogP contribution in [0.2, 0.25) is 0 Å². The van der Waals surface area contributed by atoms with Gasteiger partial charge in [-0.2, -0.15) is 0 Å². The molecule has 0 fully saturated rings. The molecule has 0 amide bonds. The third-order valence-corrected chi connectivity index (χ3v) is 6.44. The van der Waals surface area contributed by atoms with Crippen LogP contribution in [0.5, 0.6) is 0 Å². The number of carbonyl (C=O) groups excluding carboxylic acids is 1. The molecule has 5 nitrogen and oxygen atoms in total. The van der Waals surface area contributed by atoms with Crippen molar-refractivity contribution in [1.29, 1.82) is 0 Å². The first-order valence-electron chi connectivity index (χ1n) is 11.1. The van der Waals surface area contributed by atoms with Crippen LogP contribution in [0.4, 0.5) is 17.1 Å². The number of allylic oxidation sites excluding steroid dienone is 1. The molecule has 0 spiro atoms. The summed E-state index contributed by atoms with van der Waals surface area (Å²) < 4.78 is 0. The maximum absolute atomic E-state index is 13.6. The largest absolute Gasteiger partial charge is 0.357 e. The predicted molar refractivity (Wildman–Crippen MR) is 137 cm³/mol. The second-order valence-corrected chi connectivity index (χ2v) is 9.72. The van der Waals surface area contributed by atoms with Gasteiger partial charge in [0, 0.05) is 35.8 Å². The van der Waals surface area contributed by atoms with E-state index >= 15 is 0 Å². The van der Waals surface area contributed by atoms with E-state index in [4.69, 9.17) is 12.2 Å². The topological polar surface area (TPSA) is 57.3 Å². The van der Waals surface area contributed by atoms with Gasteiger partial charge in [0.1, 0.15) is 0 Å². The van der Waals surface area contributed by atoms with Gasteiger partial charge >= 0.3 is 0 Å². The molecule has 3 aromatic rings. The number of ketones is 1. The van der Waals surface area contributed by atoms with Crippen molar-refractivity contribution in [2.45, 2.75) is 32.7 Å². The quantitative estimate of drug-likeness (QED) is 0.457. The molecule has 33 heavy (non-hydrogen) atoms. The lowest BCUT2D eigenvalue weighted by Gasteiger charge is -2.38. The van der Waals surface area contributed by atoms with Gasteiger partial charge in [-0.15, -0.1) is 0 Å². The summed E-state index contributed by atoms with van der Waals surface area (Å²) in [4.78, 5) is 20.1. The van der Waals surface area contributed by atoms with E-state index in [-0.39, 0.29) is 11.2 Å². The number of hydrogen-bond donors (Lipinski definition) is 2. The van der Waals surface area contributed by atoms with Crippen LogP contribution in [-0.4, -0.2) is 15.9 Å². The average Bonchev–Trinajstić information content (AvgIpc) is 2.94. The Morgan fingerprint density at radius 3 is 2.58 bits per heavy atom. The van der Waals surface area contributed by atoms with E-state index in [0.29, 0.717) is 11.5 Å². The Labute approximate surface area is 199 Å². The number of nitrogens with one attached hydrogen (secondary N) is 2. The Kier molecular flexibility index (Phi) is 5.46. The van der Waals surface area contributed by atoms with Crippen LogP contribution < -0.4 is 15.5 Å². The SMILES string of the molecule is CC1(C)CC(=O)C2=C(C1)Nc1ccccc1N(C(=S)Nc1ccccc1)C2c1cccnc1. The summed E-state index contributed by atoms with van der Waals surface area (Å²) in [5, 5.41) is 7.51. The lowest BCUT2D eigenvalue weighted by Crippen LogP contribution is -2.41. The number of benzene rings is 2. The van der Waals surface area contributed by atoms with Crippen molar-refractivity contribution in [2.75, 3.05) is 15.5 Å². The van der Waals surface area contributed by atoms with Crippen LogP contribution in [0.3, 0.4) is 0 Å². The number of para-hydroxylation sites is 3. The number of Topliss-reactive ketones (excluding diaryl/α,β-unsaturated/α-hetero) is 1. The fourth-order valence-corrected chi connectivity index (χ4v) is 5.09. The molecule has 0 radical (unpaired) electrons. The molecule has 1 aliphatic heterocycles. The number of rotatable bonds is 2. The van der Waals surface area contributed by atoms with Gasteiger partial charge in [-0.05, 0) is 59.9 Å². The van der Waals surface area contributed by atoms with Gasteiger partial charge in [-0.25, -0.2) is 0 Å². The van der Waals surface area contributed by atoms with Crippen LogP contribution in [-0.2, 0) is 4.79 Å². The molecule has 2 N–H and O–H groups in total. The highest BCUT2D eigenvalue weighted by Gasteiger charge is 2.42. The molecule has 0 saturated heterocycles. The minimum atomic E-state index is -0.392. The molecule has 1 atom stereocenters. The third-order valence-electron chi connectivity index (χ3n) is 6.14. The number of thiocarbonyl (C=S) groups is 1. The van der Waals surface area contributed by atoms with E-state index in [1.54, 1.807) is 6.20 Å². The van der Waals surface area contributed by atoms with Crippen LogP contribution in [0.25, 0.3) is 0 Å². The summed E-state index contributed by atoms with van der Waals surface area (Å²) in [6, 6.07) is 21.5. The molecule has 1 unspecified atom stereocenters. The number of hydrogen-bond acceptors (Lipinski definition) is 4. The van der Waals surface area contributed by atoms with Crippen molar-refractivity contribution in [3.63, 3.8) is 0 Å². The second-order valence-electron chi connectivity index (χ2n) is 9.33. The predicted octanol–water partition coefficient (Wildman–Crippen LogP) is 6.10. The summed E-state index contributed by atoms with van der Waals surface area (Å²) in [6.07, 6.45) is 4.85. The zero-order chi connectivity index (χ0) is 23.0. The Balaban J connectivity index is 1.71. The van der Waals surface area contributed by atoms with Crippen molar-refractivity contribution < 1.29 is 4.79 Å². The highest BCUT2D eigenvalue weighted by Crippen LogP contribution is 2.48. The molecular formula is C27H26N4OS. The fraction of sp³-hybridized carbons (Fsp3) is 0.222. The first-order valence-corrected chi connectivity index (χ1v) is 11.5. The fourth-order valence-electron chi connectivity index (χ4n) is 4.77. The number of nitrogens with zero attached hydrogens (tertiary/aromatic N) is 2. The standard InChI is InChI=1S/C27H26N4OS/c1-27(2)15-21-24(23(32)16-27)25(18-9-8-14-28-17-18)31(22-13-7-6-12-20(22)30-21)26(33)29-19-10-4-3-5-11-19/h3-14,17,25,30H,15-16H2,1-2H3,(H,29,33). The van der Waals surface area contributed by atoms with Gasteiger partial charge in [-0.3, -0.25) is 9.78 Å². The van der Waals surface area contributed by atoms with Crippen LogP contribution >= 0.6 is 12.2 Å². The van der Waals surface area contributed by atoms with E-state index in [9.17, 15) is 4.79 Å². The van der Waals surface area contributed by atoms with Gasteiger partial charge in [0.15, 0.2) is 10.9 Å². The lowest BCUT2D eigenvalue weighted by molar-refractivity contribution is -0.118. The number of aromatic nitrogens is 1. The number of carbonyl (C=O) groups is 1. The smallest absolute Gasteiger partial charge is 0.178 e. The van der Waals surface area contributed by atoms with Crippen molar-refractivity contribution in [2.24, 2.45) is 5.41 Å². The molecule has 0 bridgehead atoms. The van der Waals surface area contributed by atoms with Crippen LogP contribution in [0, 0.1) is 5.41 Å². The molecule has 1 aliphatic carbocycles. The summed E-state index contributed by atoms with van der Waals surface area (Å²) in [5.74, 6) is 0.142. The van der Waals surface area contributed by atoms with Gasteiger partial charge < -0.3 is 15.5 Å². The highest BCUT2D eigenvalue weighted by atomic mass is 32.1. The Morgan fingerprint density at radius 1 is 1.06 bits per heavy atom. The van der Waals surface area contributed by atoms with E-state index in [1.807, 2.05) is 72.9 Å². The molecule has 1 aromatic heterocycles. The molecule has 0 saturated carbocycles. The molecule has 6 heteroatoms. The summed E-state index contributed by atoms with van der Waals surface area (Å²) >= 11 is 5.98. The summed E-state index contributed by atoms with van der Waals surface area (Å²) in [5.41, 5.74) is 5.27. The minimum absolute atomic E-state index is 0.116. The zero-order valence-corrected chi connectivity index (χ0v) is 19.5. The number of pyridine rings is 1. The monoisotopic (exact) mass is 454 g/mol. The second kappa shape index (κ2) is 8.45. The third kappa shape index (κ3) is 4.14. The first-order chi connectivity index (χ1) is 15.9. The van der Waals surface area contributed by atoms with Crippen molar-refractivity contribution in [3.05, 3.63) is 96.0 Å². The van der Waals surface area contributed by atoms with Crippen LogP contribution in [0.15, 0.2) is 90.4 Å². The first kappa shape index (κ1) is 21.3. The molecule has 2 heterocycles. The normalized spacial score (nSPS) is 19.2. The minimum Gasteiger partial charge on any atom is -0.357 e. The summed E-state index contributed by atoms with van der Waals surface area (Å²) in [7, 11) is 0. The maximum Gasteiger partial charge on any atom is 0.178 e. The van der Waals surface area contributed by atoms with E-state index in [2.05, 4.69) is 34.4 Å². The maximum atomic E-state index is 13.6. The van der Waals surface area contributed by atoms with Gasteiger partial charge in [0.25, 0.3) is 0 Å². The highest BCUT2D eigenvalue weighted by molar-refractivity contribution is 7.80. The summed E-state index contributed by atoms with van der Waals surface area (Å²) in [6.45, 7) is 4.29. The number of fused-ring (bicyclic) bond motifs is 1. The van der Waals surface area contributed by atoms with E-state index in [1.165, 1.54) is 0 Å². The average molecular weight is 455 g/mol. The molecular weight excluding hydrogens is 428 g/mol. The van der Waals surface area contributed by atoms with Crippen molar-refractivity contribution >= 4 is 40.2 Å². The molecule has 5 rings (SSSR count). The van der Waals surface area contributed by atoms with Gasteiger partial charge in [-0.1, -0.05) is 50.2 Å². The molecule has 166 valence electrons. The van der Waals surface area contributed by atoms with Crippen molar-refractivity contribution in [3.8, 4) is 0 Å². The Morgan fingerprint density at radius 2 is 1.82 bits per heavy atom. The lowest BCUT2D eigenvalue weighted by atomic mass is 9.73. The van der Waals surface area contributed by atoms with Crippen molar-refractivity contribution in [1.82, 2.24) is 4.98 Å². The van der Waals surface area contributed by atoms with Gasteiger partial charge in [0.05, 0.1) is 17.4 Å². The van der Waals surface area contributed by atoms with E-state index < -0.39 is 6.04 Å². The zero-order valence-electron chi connectivity index (χ0n) is 18.7. The number of anilines is 3. The molecule has 2 aromatic carbocycles. The Bertz CT molecular complexity index is 1240. The van der Waals surface area contributed by atoms with E-state index in [0.717, 1.165) is 40.3 Å². The Hall–Kier alpha value is -3.51. The van der Waals surface area contributed by atoms with Gasteiger partial charge in [0.2, 0.25) is 0 Å². The van der Waals surface area contributed by atoms with Crippen LogP contribution in [0.1, 0.15) is 38.3 Å².